The Bertz CT molecular complexity index is 2510. The first kappa shape index (κ1) is 53.3. The molecule has 0 saturated carbocycles. The maximum Gasteiger partial charge on any atom is 0.292 e. The highest BCUT2D eigenvalue weighted by Crippen LogP contribution is 2.50. The van der Waals surface area contributed by atoms with Crippen molar-refractivity contribution in [2.75, 3.05) is 32.8 Å². The van der Waals surface area contributed by atoms with E-state index in [1.807, 2.05) is 107 Å². The van der Waals surface area contributed by atoms with E-state index in [2.05, 4.69) is 59.9 Å². The fraction of sp³-hybridized carbons (Fsp3) is 0.500. The second kappa shape index (κ2) is 22.8. The summed E-state index contributed by atoms with van der Waals surface area (Å²) in [5.41, 5.74) is 0.811. The molecule has 0 spiro atoms. The van der Waals surface area contributed by atoms with E-state index in [1.165, 1.54) is 6.33 Å². The number of hydrogen-bond acceptors (Lipinski definition) is 14. The van der Waals surface area contributed by atoms with Crippen molar-refractivity contribution in [2.24, 2.45) is 5.92 Å². The average molecular weight is 986 g/mol. The number of nitriles is 1. The summed E-state index contributed by atoms with van der Waals surface area (Å²) < 4.78 is 49.7. The van der Waals surface area contributed by atoms with Crippen molar-refractivity contribution >= 4 is 39.9 Å². The molecule has 17 nitrogen and oxygen atoms in total. The van der Waals surface area contributed by atoms with Gasteiger partial charge in [-0.2, -0.15) is 14.9 Å². The van der Waals surface area contributed by atoms with Gasteiger partial charge >= 0.3 is 0 Å². The lowest BCUT2D eigenvalue weighted by Crippen LogP contribution is -2.50. The largest absolute Gasteiger partial charge is 0.497 e. The van der Waals surface area contributed by atoms with E-state index in [9.17, 15) is 14.9 Å². The Kier molecular flexibility index (Phi) is 17.6. The van der Waals surface area contributed by atoms with Crippen LogP contribution in [0.2, 0.25) is 18.1 Å². The highest BCUT2D eigenvalue weighted by Gasteiger charge is 2.54. The summed E-state index contributed by atoms with van der Waals surface area (Å²) in [6.45, 7) is 22.3. The number of nitrogens with zero attached hydrogens (tertiary/aromatic N) is 5. The molecule has 2 N–H and O–H groups in total. The molecule has 6 rings (SSSR count). The van der Waals surface area contributed by atoms with Gasteiger partial charge in [-0.05, 0) is 86.8 Å². The molecule has 1 aliphatic rings. The first-order valence-electron chi connectivity index (χ1n) is 23.3. The predicted molar refractivity (Wildman–Crippen MR) is 267 cm³/mol. The van der Waals surface area contributed by atoms with E-state index in [-0.39, 0.29) is 65.7 Å². The number of carbonyl (C=O) groups is 1. The summed E-state index contributed by atoms with van der Waals surface area (Å²) in [4.78, 5) is 45.1. The number of H-pyrrole nitrogens is 1. The number of aromatic amines is 1. The number of nitrogens with one attached hydrogen (secondary N) is 2. The zero-order chi connectivity index (χ0) is 50.3. The van der Waals surface area contributed by atoms with Crippen molar-refractivity contribution in [3.63, 3.8) is 0 Å². The zero-order valence-electron chi connectivity index (χ0n) is 42.0. The maximum atomic E-state index is 13.6. The quantitative estimate of drug-likeness (QED) is 0.0166. The van der Waals surface area contributed by atoms with Crippen LogP contribution in [0.15, 0.2) is 90.0 Å². The van der Waals surface area contributed by atoms with Gasteiger partial charge < -0.3 is 27.9 Å². The second-order valence-electron chi connectivity index (χ2n) is 19.3. The van der Waals surface area contributed by atoms with Crippen LogP contribution in [-0.4, -0.2) is 96.2 Å². The lowest BCUT2D eigenvalue weighted by molar-refractivity contribution is -0.275. The van der Waals surface area contributed by atoms with Crippen molar-refractivity contribution in [1.29, 1.82) is 5.26 Å². The van der Waals surface area contributed by atoms with Crippen LogP contribution >= 0.6 is 8.53 Å². The molecule has 5 atom stereocenters. The molecule has 19 heteroatoms. The Labute approximate surface area is 407 Å². The summed E-state index contributed by atoms with van der Waals surface area (Å²) in [5.74, 6) is 0.587. The summed E-state index contributed by atoms with van der Waals surface area (Å²) in [6.07, 6.45) is -2.29. The number of benzene rings is 3. The third-order valence-corrected chi connectivity index (χ3v) is 18.9. The smallest absolute Gasteiger partial charge is 0.292 e. The van der Waals surface area contributed by atoms with Crippen LogP contribution in [0.25, 0.3) is 11.2 Å². The standard InChI is InChI=1S/C50H68N7O10PSi/c1-32(2)45(58)54-48-53-44-41(46(59)55-48)52-31-56(44)47-43(66-69(12,13)49(7,8)9)42(65-67-68(63-29-17-28-51)57(33(3)4)34(5)6)40(64-47)30-62-50(35-18-15-14-16-19-35,36-20-24-38(60-10)25-21-36)37-22-26-39(61-11)27-23-37/h14-16,18-27,31-34,40,42-43,47H,17,29-30H2,1-13H3,(H2,53,54,55,58,59)/t40-,42-,43-,47-,68?/m1/s1. The zero-order valence-corrected chi connectivity index (χ0v) is 43.9. The van der Waals surface area contributed by atoms with Crippen LogP contribution in [-0.2, 0) is 38.4 Å². The number of carbonyl (C=O) groups excluding carboxylic acids is 1. The van der Waals surface area contributed by atoms with Gasteiger partial charge in [-0.3, -0.25) is 24.5 Å². The monoisotopic (exact) mass is 985 g/mol. The maximum absolute atomic E-state index is 13.6. The summed E-state index contributed by atoms with van der Waals surface area (Å²) in [5, 5.41) is 11.9. The van der Waals surface area contributed by atoms with E-state index >= 15 is 0 Å². The molecule has 1 amide bonds. The number of imidazole rings is 1. The molecule has 1 saturated heterocycles. The predicted octanol–water partition coefficient (Wildman–Crippen LogP) is 9.62. The van der Waals surface area contributed by atoms with Crippen molar-refractivity contribution in [3.8, 4) is 17.6 Å². The van der Waals surface area contributed by atoms with E-state index in [4.69, 9.17) is 42.4 Å². The Hall–Kier alpha value is -5.06. The molecular formula is C50H68N7O10PSi. The normalized spacial score (nSPS) is 18.3. The molecule has 5 aromatic rings. The van der Waals surface area contributed by atoms with E-state index < -0.39 is 52.5 Å². The van der Waals surface area contributed by atoms with Gasteiger partial charge in [-0.1, -0.05) is 89.2 Å². The Balaban J connectivity index is 1.55. The van der Waals surface area contributed by atoms with Gasteiger partial charge in [0.05, 0.1) is 46.3 Å². The van der Waals surface area contributed by atoms with Crippen molar-refractivity contribution < 1.29 is 42.3 Å². The number of ether oxygens (including phenoxy) is 4. The number of anilines is 1. The third-order valence-electron chi connectivity index (χ3n) is 12.5. The van der Waals surface area contributed by atoms with E-state index in [0.29, 0.717) is 11.5 Å². The fourth-order valence-electron chi connectivity index (χ4n) is 7.89. The topological polar surface area (TPSA) is 194 Å². The van der Waals surface area contributed by atoms with Gasteiger partial charge in [0.2, 0.25) is 11.9 Å². The van der Waals surface area contributed by atoms with Crippen LogP contribution in [0.3, 0.4) is 0 Å². The molecule has 0 radical (unpaired) electrons. The van der Waals surface area contributed by atoms with Gasteiger partial charge in [-0.15, -0.1) is 0 Å². The molecule has 1 fully saturated rings. The summed E-state index contributed by atoms with van der Waals surface area (Å²) in [7, 11) is -1.39. The summed E-state index contributed by atoms with van der Waals surface area (Å²) >= 11 is 0. The minimum Gasteiger partial charge on any atom is -0.497 e. The SMILES string of the molecule is COc1ccc(C(OC[C@H]2O[C@@H](n3cnc4c(=O)[nH]c(NC(=O)C(C)C)nc43)[C@H](O[Si](C)(C)C(C)(C)C)[C@@H]2OOP(OCCC#N)N(C(C)C)C(C)C)(c2ccccc2)c2ccc(OC)cc2)cc1. The second-order valence-corrected chi connectivity index (χ2v) is 25.4. The van der Waals surface area contributed by atoms with Gasteiger partial charge in [0.1, 0.15) is 29.3 Å². The first-order chi connectivity index (χ1) is 32.8. The molecule has 3 heterocycles. The number of rotatable bonds is 22. The summed E-state index contributed by atoms with van der Waals surface area (Å²) in [6, 6.07) is 27.5. The van der Waals surface area contributed by atoms with Crippen molar-refractivity contribution in [1.82, 2.24) is 24.2 Å². The molecule has 1 unspecified atom stereocenters. The molecule has 372 valence electrons. The van der Waals surface area contributed by atoms with E-state index in [1.54, 1.807) is 32.6 Å². The van der Waals surface area contributed by atoms with Gasteiger partial charge in [0, 0.05) is 18.0 Å². The molecule has 0 bridgehead atoms. The lowest BCUT2D eigenvalue weighted by Gasteiger charge is -2.41. The number of hydrogen-bond donors (Lipinski definition) is 2. The van der Waals surface area contributed by atoms with Gasteiger partial charge in [0.15, 0.2) is 31.8 Å². The Morgan fingerprint density at radius 3 is 2.01 bits per heavy atom. The van der Waals surface area contributed by atoms with Crippen LogP contribution in [0.5, 0.6) is 11.5 Å². The van der Waals surface area contributed by atoms with Crippen molar-refractivity contribution in [3.05, 3.63) is 112 Å². The minimum atomic E-state index is -2.73. The number of amides is 1. The average Bonchev–Trinajstić information content (AvgIpc) is 3.88. The lowest BCUT2D eigenvalue weighted by atomic mass is 9.80. The Morgan fingerprint density at radius 2 is 1.49 bits per heavy atom. The molecule has 3 aromatic carbocycles. The van der Waals surface area contributed by atoms with Gasteiger partial charge in [-0.25, -0.2) is 14.5 Å². The minimum absolute atomic E-state index is 0.0277. The molecule has 0 aliphatic carbocycles. The highest BCUT2D eigenvalue weighted by molar-refractivity contribution is 7.44. The Morgan fingerprint density at radius 1 is 0.913 bits per heavy atom. The van der Waals surface area contributed by atoms with Crippen LogP contribution in [0.4, 0.5) is 5.95 Å². The van der Waals surface area contributed by atoms with Gasteiger partial charge in [0.25, 0.3) is 14.1 Å². The van der Waals surface area contributed by atoms with Crippen molar-refractivity contribution in [2.45, 2.75) is 129 Å². The fourth-order valence-corrected chi connectivity index (χ4v) is 10.6. The molecule has 1 aliphatic heterocycles. The molecule has 2 aromatic heterocycles. The van der Waals surface area contributed by atoms with Crippen LogP contribution < -0.4 is 20.3 Å². The third kappa shape index (κ3) is 11.9. The number of fused-ring (bicyclic) bond motifs is 1. The molecular weight excluding hydrogens is 918 g/mol. The van der Waals surface area contributed by atoms with Crippen LogP contribution in [0.1, 0.15) is 91.7 Å². The first-order valence-corrected chi connectivity index (χ1v) is 27.3. The van der Waals surface area contributed by atoms with E-state index in [0.717, 1.165) is 16.7 Å². The van der Waals surface area contributed by atoms with Crippen LogP contribution in [0, 0.1) is 17.2 Å². The highest BCUT2D eigenvalue weighted by atomic mass is 31.2. The number of methoxy groups -OCH3 is 2. The molecule has 69 heavy (non-hydrogen) atoms. The number of aromatic nitrogens is 4.